The molecule has 178 valence electrons. The molecule has 4 heterocycles. The van der Waals surface area contributed by atoms with E-state index in [1.165, 1.54) is 22.2 Å². The Morgan fingerprint density at radius 2 is 1.97 bits per heavy atom. The number of benzene rings is 1. The number of fused-ring (bicyclic) bond motifs is 2. The number of nitrogens with one attached hydrogen (secondary N) is 1. The van der Waals surface area contributed by atoms with E-state index in [9.17, 15) is 4.79 Å². The maximum Gasteiger partial charge on any atom is 0.236 e. The van der Waals surface area contributed by atoms with Crippen LogP contribution in [-0.4, -0.2) is 74.2 Å². The Morgan fingerprint density at radius 1 is 1.21 bits per heavy atom. The number of nitrogens with zero attached hydrogens (tertiary/aromatic N) is 6. The van der Waals surface area contributed by atoms with Gasteiger partial charge in [-0.2, -0.15) is 10.2 Å². The minimum Gasteiger partial charge on any atom is -0.348 e. The summed E-state index contributed by atoms with van der Waals surface area (Å²) < 4.78 is 1.85. The normalized spacial score (nSPS) is 15.6. The third-order valence-corrected chi connectivity index (χ3v) is 7.10. The van der Waals surface area contributed by atoms with Crippen LogP contribution in [0.3, 0.4) is 0 Å². The van der Waals surface area contributed by atoms with E-state index >= 15 is 0 Å². The molecule has 1 N–H and O–H groups in total. The number of aromatic nitrogens is 5. The average molecular weight is 460 g/mol. The zero-order valence-electron chi connectivity index (χ0n) is 20.7. The molecule has 0 aliphatic carbocycles. The second-order valence-corrected chi connectivity index (χ2v) is 10.0. The number of carbonyl (C=O) groups excluding carboxylic acids is 1. The molecule has 5 rings (SSSR count). The van der Waals surface area contributed by atoms with Crippen molar-refractivity contribution in [3.8, 4) is 11.1 Å². The van der Waals surface area contributed by atoms with E-state index in [1.807, 2.05) is 18.6 Å². The van der Waals surface area contributed by atoms with Crippen molar-refractivity contribution in [2.75, 3.05) is 33.7 Å². The van der Waals surface area contributed by atoms with Gasteiger partial charge in [-0.25, -0.2) is 9.50 Å². The molecule has 0 spiro atoms. The summed E-state index contributed by atoms with van der Waals surface area (Å²) in [4.78, 5) is 20.4. The van der Waals surface area contributed by atoms with Gasteiger partial charge in [-0.15, -0.1) is 0 Å². The Bertz CT molecular complexity index is 1340. The summed E-state index contributed by atoms with van der Waals surface area (Å²) in [5.41, 5.74) is 7.84. The van der Waals surface area contributed by atoms with Crippen LogP contribution in [-0.2, 0) is 4.79 Å². The van der Waals surface area contributed by atoms with Crippen LogP contribution in [0.5, 0.6) is 0 Å². The van der Waals surface area contributed by atoms with Crippen LogP contribution in [0.15, 0.2) is 30.7 Å². The lowest BCUT2D eigenvalue weighted by atomic mass is 9.87. The molecule has 0 saturated carbocycles. The van der Waals surface area contributed by atoms with Crippen molar-refractivity contribution in [2.24, 2.45) is 0 Å². The summed E-state index contributed by atoms with van der Waals surface area (Å²) >= 11 is 0. The zero-order valence-corrected chi connectivity index (χ0v) is 20.7. The number of rotatable bonds is 5. The molecule has 1 saturated heterocycles. The molecular formula is C26H33N7O. The lowest BCUT2D eigenvalue weighted by molar-refractivity contribution is -0.130. The number of carbonyl (C=O) groups is 1. The molecule has 1 aliphatic rings. The smallest absolute Gasteiger partial charge is 0.236 e. The van der Waals surface area contributed by atoms with Crippen LogP contribution in [0.2, 0.25) is 0 Å². The van der Waals surface area contributed by atoms with Crippen LogP contribution < -0.4 is 0 Å². The number of aryl methyl sites for hydroxylation is 1. The van der Waals surface area contributed by atoms with E-state index in [2.05, 4.69) is 65.2 Å². The van der Waals surface area contributed by atoms with E-state index in [0.29, 0.717) is 18.4 Å². The maximum atomic E-state index is 12.1. The lowest BCUT2D eigenvalue weighted by Gasteiger charge is -2.31. The largest absolute Gasteiger partial charge is 0.348 e. The molecule has 8 heteroatoms. The molecule has 8 nitrogen and oxygen atoms in total. The predicted octanol–water partition coefficient (Wildman–Crippen LogP) is 3.97. The number of aromatic amines is 1. The van der Waals surface area contributed by atoms with Gasteiger partial charge in [0.2, 0.25) is 5.91 Å². The van der Waals surface area contributed by atoms with Gasteiger partial charge in [0.1, 0.15) is 6.33 Å². The first-order valence-electron chi connectivity index (χ1n) is 12.1. The van der Waals surface area contributed by atoms with Crippen molar-refractivity contribution in [2.45, 2.75) is 45.4 Å². The number of H-pyrrole nitrogens is 1. The van der Waals surface area contributed by atoms with E-state index in [1.54, 1.807) is 11.2 Å². The van der Waals surface area contributed by atoms with Gasteiger partial charge in [0.25, 0.3) is 0 Å². The summed E-state index contributed by atoms with van der Waals surface area (Å²) in [6.45, 7) is 8.91. The summed E-state index contributed by atoms with van der Waals surface area (Å²) in [5.74, 6) is 0.960. The first kappa shape index (κ1) is 22.5. The van der Waals surface area contributed by atoms with Crippen molar-refractivity contribution in [1.82, 2.24) is 34.6 Å². The quantitative estimate of drug-likeness (QED) is 0.488. The van der Waals surface area contributed by atoms with Crippen LogP contribution in [0.4, 0.5) is 0 Å². The van der Waals surface area contributed by atoms with Gasteiger partial charge in [0.05, 0.1) is 12.1 Å². The van der Waals surface area contributed by atoms with Gasteiger partial charge in [0.15, 0.2) is 5.65 Å². The molecule has 0 unspecified atom stereocenters. The first-order chi connectivity index (χ1) is 16.3. The molecule has 0 radical (unpaired) electrons. The summed E-state index contributed by atoms with van der Waals surface area (Å²) in [7, 11) is 3.63. The number of likely N-dealkylation sites (N-methyl/N-ethyl adjacent to an activating group) is 1. The van der Waals surface area contributed by atoms with E-state index < -0.39 is 0 Å². The van der Waals surface area contributed by atoms with Gasteiger partial charge >= 0.3 is 0 Å². The Kier molecular flexibility index (Phi) is 5.85. The van der Waals surface area contributed by atoms with Crippen LogP contribution in [0.1, 0.15) is 55.3 Å². The summed E-state index contributed by atoms with van der Waals surface area (Å²) in [6.07, 6.45) is 5.71. The van der Waals surface area contributed by atoms with Gasteiger partial charge in [0, 0.05) is 42.9 Å². The Hall–Kier alpha value is -3.26. The number of hydrogen-bond donors (Lipinski definition) is 1. The summed E-state index contributed by atoms with van der Waals surface area (Å²) in [6, 6.07) is 6.74. The highest BCUT2D eigenvalue weighted by molar-refractivity contribution is 5.89. The second kappa shape index (κ2) is 8.83. The predicted molar refractivity (Wildman–Crippen MR) is 134 cm³/mol. The van der Waals surface area contributed by atoms with Crippen LogP contribution in [0.25, 0.3) is 27.7 Å². The molecule has 1 amide bonds. The topological polar surface area (TPSA) is 82.4 Å². The van der Waals surface area contributed by atoms with Gasteiger partial charge < -0.3 is 4.90 Å². The third-order valence-electron chi connectivity index (χ3n) is 7.10. The highest BCUT2D eigenvalue weighted by Gasteiger charge is 2.26. The van der Waals surface area contributed by atoms with Crippen molar-refractivity contribution >= 4 is 22.5 Å². The Balaban J connectivity index is 1.46. The fourth-order valence-corrected chi connectivity index (χ4v) is 5.09. The molecule has 34 heavy (non-hydrogen) atoms. The van der Waals surface area contributed by atoms with Crippen molar-refractivity contribution < 1.29 is 4.79 Å². The maximum absolute atomic E-state index is 12.1. The summed E-state index contributed by atoms with van der Waals surface area (Å²) in [5, 5.41) is 13.7. The standard InChI is InChI=1S/C26H33N7O/c1-16(2)20-11-22-23(12-21(20)19-10-17(3)26-27-15-28-33(26)13-19)29-30-25(22)18-6-8-32(9-7-18)14-24(34)31(4)5/h10-13,15-16,18H,6-9,14H2,1-5H3,(H,29,30). The number of likely N-dealkylation sites (tertiary alicyclic amines) is 1. The molecule has 1 fully saturated rings. The minimum absolute atomic E-state index is 0.166. The molecule has 3 aromatic heterocycles. The number of piperidine rings is 1. The monoisotopic (exact) mass is 459 g/mol. The van der Waals surface area contributed by atoms with Crippen molar-refractivity contribution in [3.05, 3.63) is 47.5 Å². The highest BCUT2D eigenvalue weighted by Crippen LogP contribution is 2.37. The molecular weight excluding hydrogens is 426 g/mol. The molecule has 0 bridgehead atoms. The Labute approximate surface area is 200 Å². The lowest BCUT2D eigenvalue weighted by Crippen LogP contribution is -2.40. The van der Waals surface area contributed by atoms with Crippen molar-refractivity contribution in [3.63, 3.8) is 0 Å². The molecule has 1 aromatic carbocycles. The van der Waals surface area contributed by atoms with Gasteiger partial charge in [-0.3, -0.25) is 14.8 Å². The highest BCUT2D eigenvalue weighted by atomic mass is 16.2. The molecule has 1 aliphatic heterocycles. The van der Waals surface area contributed by atoms with E-state index in [0.717, 1.165) is 48.2 Å². The van der Waals surface area contributed by atoms with E-state index in [-0.39, 0.29) is 5.91 Å². The third kappa shape index (κ3) is 4.07. The molecule has 0 atom stereocenters. The number of pyridine rings is 1. The minimum atomic E-state index is 0.166. The molecule has 4 aromatic rings. The Morgan fingerprint density at radius 3 is 2.68 bits per heavy atom. The zero-order chi connectivity index (χ0) is 24.0. The fraction of sp³-hybridized carbons (Fsp3) is 0.462. The van der Waals surface area contributed by atoms with E-state index in [4.69, 9.17) is 5.10 Å². The number of hydrogen-bond acceptors (Lipinski definition) is 5. The average Bonchev–Trinajstić information content (AvgIpc) is 3.45. The SMILES string of the molecule is Cc1cc(-c2cc3n[nH]c(C4CCN(CC(=O)N(C)C)CC4)c3cc2C(C)C)cn2ncnc12. The first-order valence-corrected chi connectivity index (χ1v) is 12.1. The second-order valence-electron chi connectivity index (χ2n) is 10.0. The van der Waals surface area contributed by atoms with Gasteiger partial charge in [-0.1, -0.05) is 13.8 Å². The van der Waals surface area contributed by atoms with Crippen LogP contribution in [0, 0.1) is 6.92 Å². The van der Waals surface area contributed by atoms with Crippen molar-refractivity contribution in [1.29, 1.82) is 0 Å². The fourth-order valence-electron chi connectivity index (χ4n) is 5.09. The van der Waals surface area contributed by atoms with Gasteiger partial charge in [-0.05, 0) is 73.7 Å². The number of amides is 1. The van der Waals surface area contributed by atoms with Crippen LogP contribution >= 0.6 is 0 Å².